The van der Waals surface area contributed by atoms with Crippen LogP contribution in [0.25, 0.3) is 79.0 Å². The molecule has 0 N–H and O–H groups in total. The highest BCUT2D eigenvalue weighted by atomic mass is 15.0. The summed E-state index contributed by atoms with van der Waals surface area (Å²) in [5.41, 5.74) is 15.2. The molecule has 2 heterocycles. The SMILES string of the molecule is CCn1c2ccccc2c2ccc(C=Cc3ccc(-c4ccc(C=Cc5ccc6c7ccccc7n(CC)c6c5)cc4C)c(C)c3)cc21. The van der Waals surface area contributed by atoms with Crippen LogP contribution in [0.3, 0.4) is 0 Å². The van der Waals surface area contributed by atoms with Gasteiger partial charge in [-0.05, 0) is 96.5 Å². The summed E-state index contributed by atoms with van der Waals surface area (Å²) in [6.07, 6.45) is 8.93. The van der Waals surface area contributed by atoms with Crippen molar-refractivity contribution in [1.82, 2.24) is 9.13 Å². The molecule has 8 aromatic rings. The molecule has 0 fully saturated rings. The zero-order chi connectivity index (χ0) is 32.8. The lowest BCUT2D eigenvalue weighted by Gasteiger charge is -2.11. The van der Waals surface area contributed by atoms with E-state index in [2.05, 4.69) is 182 Å². The van der Waals surface area contributed by atoms with Crippen molar-refractivity contribution < 1.29 is 0 Å². The van der Waals surface area contributed by atoms with E-state index in [1.54, 1.807) is 0 Å². The molecule has 8 rings (SSSR count). The maximum atomic E-state index is 2.41. The maximum absolute atomic E-state index is 2.41. The molecule has 2 nitrogen and oxygen atoms in total. The van der Waals surface area contributed by atoms with Gasteiger partial charge < -0.3 is 9.13 Å². The molecular weight excluding hydrogens is 581 g/mol. The summed E-state index contributed by atoms with van der Waals surface area (Å²) in [5, 5.41) is 5.29. The molecule has 0 spiro atoms. The first-order valence-electron chi connectivity index (χ1n) is 17.1. The largest absolute Gasteiger partial charge is 0.341 e. The van der Waals surface area contributed by atoms with Crippen molar-refractivity contribution in [3.05, 3.63) is 155 Å². The summed E-state index contributed by atoms with van der Waals surface area (Å²) in [6, 6.07) is 44.7. The van der Waals surface area contributed by atoms with Gasteiger partial charge >= 0.3 is 0 Å². The molecule has 0 radical (unpaired) electrons. The summed E-state index contributed by atoms with van der Waals surface area (Å²) in [5.74, 6) is 0. The van der Waals surface area contributed by atoms with Crippen molar-refractivity contribution in [3.8, 4) is 11.1 Å². The van der Waals surface area contributed by atoms with E-state index in [0.717, 1.165) is 13.1 Å². The molecule has 0 aliphatic rings. The Hall–Kier alpha value is -5.60. The highest BCUT2D eigenvalue weighted by molar-refractivity contribution is 6.09. The summed E-state index contributed by atoms with van der Waals surface area (Å²) in [4.78, 5) is 0. The van der Waals surface area contributed by atoms with Crippen LogP contribution in [-0.2, 0) is 13.1 Å². The Bertz CT molecular complexity index is 2370. The van der Waals surface area contributed by atoms with Gasteiger partial charge in [-0.3, -0.25) is 0 Å². The van der Waals surface area contributed by atoms with Gasteiger partial charge in [-0.2, -0.15) is 0 Å². The second-order valence-corrected chi connectivity index (χ2v) is 12.9. The van der Waals surface area contributed by atoms with Crippen LogP contribution in [0.5, 0.6) is 0 Å². The Balaban J connectivity index is 1.02. The first kappa shape index (κ1) is 29.8. The summed E-state index contributed by atoms with van der Waals surface area (Å²) >= 11 is 0. The molecule has 234 valence electrons. The molecule has 2 heteroatoms. The monoisotopic (exact) mass is 620 g/mol. The fraction of sp³-hybridized carbons (Fsp3) is 0.130. The molecule has 0 bridgehead atoms. The summed E-state index contributed by atoms with van der Waals surface area (Å²) in [6.45, 7) is 10.8. The van der Waals surface area contributed by atoms with Crippen molar-refractivity contribution in [1.29, 1.82) is 0 Å². The van der Waals surface area contributed by atoms with Crippen molar-refractivity contribution in [3.63, 3.8) is 0 Å². The van der Waals surface area contributed by atoms with E-state index in [-0.39, 0.29) is 0 Å². The van der Waals surface area contributed by atoms with E-state index < -0.39 is 0 Å². The van der Waals surface area contributed by atoms with Crippen molar-refractivity contribution in [2.75, 3.05) is 0 Å². The van der Waals surface area contributed by atoms with Gasteiger partial charge in [0, 0.05) is 56.7 Å². The molecule has 0 saturated carbocycles. The topological polar surface area (TPSA) is 9.86 Å². The van der Waals surface area contributed by atoms with Crippen LogP contribution in [0, 0.1) is 13.8 Å². The fourth-order valence-corrected chi connectivity index (χ4v) is 7.59. The van der Waals surface area contributed by atoms with Gasteiger partial charge in [0.25, 0.3) is 0 Å². The third-order valence-corrected chi connectivity index (χ3v) is 9.96. The van der Waals surface area contributed by atoms with Gasteiger partial charge in [0.1, 0.15) is 0 Å². The number of rotatable bonds is 7. The van der Waals surface area contributed by atoms with Crippen LogP contribution in [-0.4, -0.2) is 9.13 Å². The van der Waals surface area contributed by atoms with Crippen LogP contribution < -0.4 is 0 Å². The number of hydrogen-bond acceptors (Lipinski definition) is 0. The molecule has 2 aromatic heterocycles. The predicted molar refractivity (Wildman–Crippen MR) is 209 cm³/mol. The van der Waals surface area contributed by atoms with Crippen molar-refractivity contribution >= 4 is 67.9 Å². The quantitative estimate of drug-likeness (QED) is 0.157. The fourth-order valence-electron chi connectivity index (χ4n) is 7.59. The number of aryl methyl sites for hydroxylation is 4. The number of fused-ring (bicyclic) bond motifs is 6. The van der Waals surface area contributed by atoms with E-state index in [4.69, 9.17) is 0 Å². The summed E-state index contributed by atoms with van der Waals surface area (Å²) < 4.78 is 4.83. The van der Waals surface area contributed by atoms with Crippen LogP contribution in [0.15, 0.2) is 121 Å². The lowest BCUT2D eigenvalue weighted by atomic mass is 9.93. The molecular formula is C46H40N2. The van der Waals surface area contributed by atoms with E-state index in [0.29, 0.717) is 0 Å². The van der Waals surface area contributed by atoms with Gasteiger partial charge in [0.05, 0.1) is 0 Å². The number of aromatic nitrogens is 2. The minimum atomic E-state index is 0.955. The standard InChI is InChI=1S/C46H40N2/c1-5-47-43-13-9-7-11-39(43)41-25-21-35(29-45(41)47)17-15-33-19-23-37(31(3)27-33)38-24-20-34(28-32(38)4)16-18-36-22-26-42-40-12-8-10-14-44(40)48(6-2)46(42)30-36/h7-30H,5-6H2,1-4H3. The molecule has 6 aromatic carbocycles. The highest BCUT2D eigenvalue weighted by Crippen LogP contribution is 2.33. The maximum Gasteiger partial charge on any atom is 0.0497 e. The number of nitrogens with zero attached hydrogens (tertiary/aromatic N) is 2. The molecule has 0 atom stereocenters. The van der Waals surface area contributed by atoms with E-state index in [1.807, 2.05) is 0 Å². The van der Waals surface area contributed by atoms with E-state index >= 15 is 0 Å². The molecule has 0 aliphatic carbocycles. The van der Waals surface area contributed by atoms with Crippen LogP contribution in [0.4, 0.5) is 0 Å². The Kier molecular flexibility index (Phi) is 7.57. The molecule has 48 heavy (non-hydrogen) atoms. The highest BCUT2D eigenvalue weighted by Gasteiger charge is 2.11. The molecule has 0 amide bonds. The molecule has 0 saturated heterocycles. The van der Waals surface area contributed by atoms with Gasteiger partial charge in [0.2, 0.25) is 0 Å². The average molecular weight is 621 g/mol. The van der Waals surface area contributed by atoms with Gasteiger partial charge in [-0.25, -0.2) is 0 Å². The molecule has 0 unspecified atom stereocenters. The van der Waals surface area contributed by atoms with Crippen molar-refractivity contribution in [2.24, 2.45) is 0 Å². The smallest absolute Gasteiger partial charge is 0.0497 e. The first-order chi connectivity index (χ1) is 23.5. The Morgan fingerprint density at radius 3 is 1.15 bits per heavy atom. The zero-order valence-corrected chi connectivity index (χ0v) is 28.2. The predicted octanol–water partition coefficient (Wildman–Crippen LogP) is 12.6. The van der Waals surface area contributed by atoms with Gasteiger partial charge in [-0.15, -0.1) is 0 Å². The minimum absolute atomic E-state index is 0.955. The van der Waals surface area contributed by atoms with Crippen molar-refractivity contribution in [2.45, 2.75) is 40.8 Å². The third-order valence-electron chi connectivity index (χ3n) is 9.96. The second-order valence-electron chi connectivity index (χ2n) is 12.9. The lowest BCUT2D eigenvalue weighted by molar-refractivity contribution is 0.827. The van der Waals surface area contributed by atoms with Gasteiger partial charge in [-0.1, -0.05) is 121 Å². The Labute approximate surface area is 282 Å². The minimum Gasteiger partial charge on any atom is -0.341 e. The number of hydrogen-bond donors (Lipinski definition) is 0. The zero-order valence-electron chi connectivity index (χ0n) is 28.2. The average Bonchev–Trinajstić information content (AvgIpc) is 3.61. The normalized spacial score (nSPS) is 12.2. The van der Waals surface area contributed by atoms with Crippen LogP contribution in [0.1, 0.15) is 47.2 Å². The van der Waals surface area contributed by atoms with E-state index in [9.17, 15) is 0 Å². The second kappa shape index (κ2) is 12.2. The Morgan fingerprint density at radius 1 is 0.396 bits per heavy atom. The Morgan fingerprint density at radius 2 is 0.750 bits per heavy atom. The third kappa shape index (κ3) is 5.15. The van der Waals surface area contributed by atoms with Crippen LogP contribution in [0.2, 0.25) is 0 Å². The first-order valence-corrected chi connectivity index (χ1v) is 17.1. The van der Waals surface area contributed by atoms with E-state index in [1.165, 1.54) is 88.1 Å². The van der Waals surface area contributed by atoms with Crippen LogP contribution >= 0.6 is 0 Å². The number of para-hydroxylation sites is 2. The summed E-state index contributed by atoms with van der Waals surface area (Å²) in [7, 11) is 0. The molecule has 0 aliphatic heterocycles. The van der Waals surface area contributed by atoms with Gasteiger partial charge in [0.15, 0.2) is 0 Å². The number of benzene rings is 6. The lowest BCUT2D eigenvalue weighted by Crippen LogP contribution is -1.92.